The van der Waals surface area contributed by atoms with Crippen molar-refractivity contribution < 1.29 is 14.6 Å². The first-order valence-corrected chi connectivity index (χ1v) is 9.36. The molecule has 0 aromatic heterocycles. The van der Waals surface area contributed by atoms with E-state index in [0.29, 0.717) is 6.42 Å². The molecule has 0 saturated carbocycles. The average molecular weight is 375 g/mol. The molecular formula is C19H38N2O5. The van der Waals surface area contributed by atoms with Gasteiger partial charge in [0.05, 0.1) is 18.3 Å². The minimum absolute atomic E-state index is 0.154. The van der Waals surface area contributed by atoms with E-state index in [4.69, 9.17) is 9.47 Å². The topological polar surface area (TPSA) is 97.6 Å². The molecule has 7 nitrogen and oxygen atoms in total. The Morgan fingerprint density at radius 3 is 1.85 bits per heavy atom. The van der Waals surface area contributed by atoms with Crippen LogP contribution >= 0.6 is 0 Å². The fourth-order valence-corrected chi connectivity index (χ4v) is 3.56. The molecule has 26 heavy (non-hydrogen) atoms. The molecule has 7 heteroatoms. The van der Waals surface area contributed by atoms with Gasteiger partial charge in [0.25, 0.3) is 0 Å². The summed E-state index contributed by atoms with van der Waals surface area (Å²) in [5, 5.41) is 16.1. The molecule has 3 unspecified atom stereocenters. The lowest BCUT2D eigenvalue weighted by atomic mass is 9.65. The summed E-state index contributed by atoms with van der Waals surface area (Å²) < 4.78 is 12.3. The molecule has 0 heterocycles. The number of aliphatic hydroxyl groups is 1. The zero-order valence-electron chi connectivity index (χ0n) is 18.0. The highest BCUT2D eigenvalue weighted by Crippen LogP contribution is 2.44. The average Bonchev–Trinajstić information content (AvgIpc) is 2.53. The number of ether oxygens (including phenoxy) is 2. The van der Waals surface area contributed by atoms with Gasteiger partial charge in [-0.1, -0.05) is 44.5 Å². The van der Waals surface area contributed by atoms with Crippen molar-refractivity contribution in [1.29, 1.82) is 0 Å². The van der Waals surface area contributed by atoms with Crippen molar-refractivity contribution in [3.63, 3.8) is 0 Å². The molecule has 0 aliphatic heterocycles. The summed E-state index contributed by atoms with van der Waals surface area (Å²) in [4.78, 5) is 22.7. The van der Waals surface area contributed by atoms with Crippen LogP contribution < -0.4 is 0 Å². The van der Waals surface area contributed by atoms with Crippen molar-refractivity contribution in [2.75, 3.05) is 13.2 Å². The normalized spacial score (nSPS) is 18.1. The van der Waals surface area contributed by atoms with E-state index in [1.165, 1.54) is 0 Å². The lowest BCUT2D eigenvalue weighted by molar-refractivity contribution is -0.292. The summed E-state index contributed by atoms with van der Waals surface area (Å²) >= 11 is 0. The lowest BCUT2D eigenvalue weighted by Gasteiger charge is -2.47. The zero-order chi connectivity index (χ0) is 20.8. The molecule has 154 valence electrons. The number of rotatable bonds is 13. The van der Waals surface area contributed by atoms with Crippen molar-refractivity contribution in [1.82, 2.24) is 0 Å². The summed E-state index contributed by atoms with van der Waals surface area (Å²) in [5.74, 6) is -1.52. The second-order valence-electron chi connectivity index (χ2n) is 9.01. The van der Waals surface area contributed by atoms with E-state index < -0.39 is 41.0 Å². The Bertz CT molecular complexity index is 465. The van der Waals surface area contributed by atoms with Gasteiger partial charge in [0.15, 0.2) is 5.79 Å². The third kappa shape index (κ3) is 6.67. The monoisotopic (exact) mass is 374 g/mol. The van der Waals surface area contributed by atoms with E-state index in [0.717, 1.165) is 6.42 Å². The van der Waals surface area contributed by atoms with Gasteiger partial charge in [-0.25, -0.2) is 0 Å². The number of aliphatic hydroxyl groups excluding tert-OH is 1. The van der Waals surface area contributed by atoms with Crippen LogP contribution in [-0.2, 0) is 9.47 Å². The van der Waals surface area contributed by atoms with Crippen LogP contribution in [0.4, 0.5) is 0 Å². The molecule has 0 bridgehead atoms. The standard InChI is InChI=1S/C19H38N2O5/c1-10-16(3,4)15(19(9,13-22)21-24)14(12-20-23)25-18(7,8)26-17(5,6)11-2/h14-15,22H,10-13H2,1-9H3. The van der Waals surface area contributed by atoms with Crippen LogP contribution in [0.1, 0.15) is 75.2 Å². The number of hydrogen-bond acceptors (Lipinski definition) is 7. The van der Waals surface area contributed by atoms with Gasteiger partial charge < -0.3 is 14.6 Å². The molecule has 0 saturated heterocycles. The Kier molecular flexibility index (Phi) is 9.00. The predicted molar refractivity (Wildman–Crippen MR) is 104 cm³/mol. The van der Waals surface area contributed by atoms with Gasteiger partial charge in [-0.05, 0) is 46.5 Å². The maximum absolute atomic E-state index is 11.6. The molecule has 3 atom stereocenters. The van der Waals surface area contributed by atoms with Crippen molar-refractivity contribution >= 4 is 0 Å². The molecule has 0 fully saturated rings. The van der Waals surface area contributed by atoms with Crippen molar-refractivity contribution in [2.45, 2.75) is 98.2 Å². The smallest absolute Gasteiger partial charge is 0.163 e. The molecule has 0 aromatic carbocycles. The van der Waals surface area contributed by atoms with Crippen LogP contribution in [-0.4, -0.2) is 41.3 Å². The van der Waals surface area contributed by atoms with Gasteiger partial charge in [-0.2, -0.15) is 9.81 Å². The van der Waals surface area contributed by atoms with Crippen LogP contribution in [0.2, 0.25) is 0 Å². The predicted octanol–water partition coefficient (Wildman–Crippen LogP) is 4.65. The maximum atomic E-state index is 11.6. The first-order valence-electron chi connectivity index (χ1n) is 9.36. The second-order valence-corrected chi connectivity index (χ2v) is 9.01. The van der Waals surface area contributed by atoms with Crippen molar-refractivity contribution in [3.05, 3.63) is 9.81 Å². The van der Waals surface area contributed by atoms with Crippen LogP contribution in [0.3, 0.4) is 0 Å². The van der Waals surface area contributed by atoms with E-state index in [-0.39, 0.29) is 6.54 Å². The Labute approximate surface area is 158 Å². The van der Waals surface area contributed by atoms with Gasteiger partial charge >= 0.3 is 0 Å². The Morgan fingerprint density at radius 2 is 1.50 bits per heavy atom. The SMILES string of the molecule is CCC(C)(C)OC(C)(C)OC(CN=O)C(C(C)(C)CC)C(C)(CO)N=O. The highest BCUT2D eigenvalue weighted by molar-refractivity contribution is 5.01. The van der Waals surface area contributed by atoms with E-state index in [9.17, 15) is 14.9 Å². The van der Waals surface area contributed by atoms with Crippen molar-refractivity contribution in [3.8, 4) is 0 Å². The third-order valence-corrected chi connectivity index (χ3v) is 5.39. The fraction of sp³-hybridized carbons (Fsp3) is 1.00. The first kappa shape index (κ1) is 25.1. The van der Waals surface area contributed by atoms with Crippen LogP contribution in [0.15, 0.2) is 10.4 Å². The van der Waals surface area contributed by atoms with Gasteiger partial charge in [0, 0.05) is 5.92 Å². The minimum Gasteiger partial charge on any atom is -0.394 e. The lowest BCUT2D eigenvalue weighted by Crippen LogP contribution is -2.55. The summed E-state index contributed by atoms with van der Waals surface area (Å²) in [7, 11) is 0. The van der Waals surface area contributed by atoms with Crippen LogP contribution in [0, 0.1) is 21.1 Å². The number of nitrogens with zero attached hydrogens (tertiary/aromatic N) is 2. The molecule has 0 amide bonds. The number of nitroso groups, excluding NO2 is 2. The number of hydrogen-bond donors (Lipinski definition) is 1. The quantitative estimate of drug-likeness (QED) is 0.374. The summed E-state index contributed by atoms with van der Waals surface area (Å²) in [6.07, 6.45) is 0.772. The molecule has 1 N–H and O–H groups in total. The molecule has 0 rings (SSSR count). The van der Waals surface area contributed by atoms with Gasteiger partial charge in [-0.15, -0.1) is 0 Å². The maximum Gasteiger partial charge on any atom is 0.163 e. The van der Waals surface area contributed by atoms with Crippen LogP contribution in [0.25, 0.3) is 0 Å². The first-order chi connectivity index (χ1) is 11.7. The molecule has 0 radical (unpaired) electrons. The largest absolute Gasteiger partial charge is 0.394 e. The molecule has 0 aliphatic carbocycles. The molecular weight excluding hydrogens is 336 g/mol. The van der Waals surface area contributed by atoms with Gasteiger partial charge in [0.2, 0.25) is 0 Å². The van der Waals surface area contributed by atoms with E-state index in [1.54, 1.807) is 20.8 Å². The highest BCUT2D eigenvalue weighted by Gasteiger charge is 2.50. The summed E-state index contributed by atoms with van der Waals surface area (Å²) in [5.41, 5.74) is -2.13. The fourth-order valence-electron chi connectivity index (χ4n) is 3.56. The van der Waals surface area contributed by atoms with Gasteiger partial charge in [0.1, 0.15) is 12.1 Å². The second kappa shape index (κ2) is 9.33. The van der Waals surface area contributed by atoms with E-state index >= 15 is 0 Å². The molecule has 0 aromatic rings. The Morgan fingerprint density at radius 1 is 0.962 bits per heavy atom. The van der Waals surface area contributed by atoms with Crippen LogP contribution in [0.5, 0.6) is 0 Å². The molecule has 0 spiro atoms. The Hall–Kier alpha value is -0.920. The summed E-state index contributed by atoms with van der Waals surface area (Å²) in [6.45, 7) is 16.4. The Balaban J connectivity index is 5.95. The highest BCUT2D eigenvalue weighted by atomic mass is 16.7. The van der Waals surface area contributed by atoms with E-state index in [2.05, 4.69) is 10.4 Å². The van der Waals surface area contributed by atoms with Gasteiger partial charge in [-0.3, -0.25) is 0 Å². The summed E-state index contributed by atoms with van der Waals surface area (Å²) in [6, 6.07) is 0. The minimum atomic E-state index is -1.30. The zero-order valence-corrected chi connectivity index (χ0v) is 18.0. The van der Waals surface area contributed by atoms with Crippen molar-refractivity contribution in [2.24, 2.45) is 21.7 Å². The third-order valence-electron chi connectivity index (χ3n) is 5.39. The molecule has 0 aliphatic rings. The van der Waals surface area contributed by atoms with E-state index in [1.807, 2.05) is 41.5 Å².